The molecule has 1 aromatic rings. The average molecular weight is 254 g/mol. The molecule has 3 N–H and O–H groups in total. The Balaban J connectivity index is 2.60. The summed E-state index contributed by atoms with van der Waals surface area (Å²) in [5, 5.41) is 28.7. The van der Waals surface area contributed by atoms with Gasteiger partial charge in [-0.2, -0.15) is 0 Å². The Hall–Kier alpha value is -1.59. The van der Waals surface area contributed by atoms with Crippen LogP contribution in [0.1, 0.15) is 31.4 Å². The predicted molar refractivity (Wildman–Crippen MR) is 64.8 cm³/mol. The first-order valence-corrected chi connectivity index (χ1v) is 5.78. The molecule has 0 saturated carbocycles. The lowest BCUT2D eigenvalue weighted by Gasteiger charge is -2.20. The molecule has 1 aromatic heterocycles. The summed E-state index contributed by atoms with van der Waals surface area (Å²) in [6, 6.07) is 1.58. The van der Waals surface area contributed by atoms with Crippen molar-refractivity contribution in [1.29, 1.82) is 0 Å². The quantitative estimate of drug-likeness (QED) is 0.644. The van der Waals surface area contributed by atoms with Crippen molar-refractivity contribution in [2.75, 3.05) is 0 Å². The molecule has 3 unspecified atom stereocenters. The molecule has 0 radical (unpaired) electrons. The number of carboxylic acids is 1. The number of hydrogen-bond donors (Lipinski definition) is 3. The number of allylic oxidation sites excluding steroid dienone is 2. The van der Waals surface area contributed by atoms with E-state index in [9.17, 15) is 15.0 Å². The largest absolute Gasteiger partial charge is 0.481 e. The molecule has 1 heterocycles. The Labute approximate surface area is 105 Å². The van der Waals surface area contributed by atoms with E-state index in [-0.39, 0.29) is 12.8 Å². The van der Waals surface area contributed by atoms with Crippen LogP contribution in [-0.2, 0) is 4.79 Å². The summed E-state index contributed by atoms with van der Waals surface area (Å²) >= 11 is 0. The molecule has 0 aliphatic carbocycles. The number of rotatable bonds is 7. The maximum atomic E-state index is 11.0. The van der Waals surface area contributed by atoms with Gasteiger partial charge in [0.15, 0.2) is 0 Å². The van der Waals surface area contributed by atoms with Gasteiger partial charge in [0.05, 0.1) is 30.7 Å². The predicted octanol–water partition coefficient (Wildman–Crippen LogP) is 1.73. The lowest BCUT2D eigenvalue weighted by atomic mass is 9.92. The average Bonchev–Trinajstić information content (AvgIpc) is 2.82. The van der Waals surface area contributed by atoms with Gasteiger partial charge >= 0.3 is 5.97 Å². The first-order chi connectivity index (χ1) is 8.56. The molecule has 100 valence electrons. The Kier molecular flexibility index (Phi) is 5.61. The Morgan fingerprint density at radius 1 is 1.50 bits per heavy atom. The summed E-state index contributed by atoms with van der Waals surface area (Å²) in [5.41, 5.74) is 0.532. The molecule has 5 nitrogen and oxygen atoms in total. The van der Waals surface area contributed by atoms with Crippen LogP contribution < -0.4 is 0 Å². The SMILES string of the molecule is C/C=C/CC(C(=O)O)C(O)CC(O)c1ccoc1. The minimum Gasteiger partial charge on any atom is -0.481 e. The highest BCUT2D eigenvalue weighted by atomic mass is 16.4. The Morgan fingerprint density at radius 2 is 2.22 bits per heavy atom. The summed E-state index contributed by atoms with van der Waals surface area (Å²) in [5.74, 6) is -1.98. The molecular weight excluding hydrogens is 236 g/mol. The van der Waals surface area contributed by atoms with Crippen LogP contribution in [0.25, 0.3) is 0 Å². The number of hydrogen-bond acceptors (Lipinski definition) is 4. The second-order valence-corrected chi connectivity index (χ2v) is 4.12. The molecule has 18 heavy (non-hydrogen) atoms. The van der Waals surface area contributed by atoms with E-state index >= 15 is 0 Å². The second-order valence-electron chi connectivity index (χ2n) is 4.12. The van der Waals surface area contributed by atoms with Gasteiger partial charge in [0.25, 0.3) is 0 Å². The van der Waals surface area contributed by atoms with Crippen molar-refractivity contribution in [2.45, 2.75) is 32.0 Å². The molecule has 0 fully saturated rings. The highest BCUT2D eigenvalue weighted by molar-refractivity contribution is 5.70. The molecule has 0 amide bonds. The van der Waals surface area contributed by atoms with E-state index in [0.29, 0.717) is 5.56 Å². The van der Waals surface area contributed by atoms with Crippen LogP contribution in [0.2, 0.25) is 0 Å². The lowest BCUT2D eigenvalue weighted by Crippen LogP contribution is -2.29. The van der Waals surface area contributed by atoms with E-state index in [1.165, 1.54) is 12.5 Å². The molecule has 5 heteroatoms. The van der Waals surface area contributed by atoms with Gasteiger partial charge < -0.3 is 19.7 Å². The normalized spacial score (nSPS) is 16.6. The van der Waals surface area contributed by atoms with E-state index in [1.54, 1.807) is 25.1 Å². The summed E-state index contributed by atoms with van der Waals surface area (Å²) in [4.78, 5) is 11.0. The van der Waals surface area contributed by atoms with Crippen LogP contribution in [0.3, 0.4) is 0 Å². The van der Waals surface area contributed by atoms with Crippen molar-refractivity contribution < 1.29 is 24.5 Å². The van der Waals surface area contributed by atoms with Gasteiger partial charge in [-0.1, -0.05) is 12.2 Å². The molecule has 0 spiro atoms. The third kappa shape index (κ3) is 4.01. The fraction of sp³-hybridized carbons (Fsp3) is 0.462. The van der Waals surface area contributed by atoms with Crippen molar-refractivity contribution in [3.63, 3.8) is 0 Å². The van der Waals surface area contributed by atoms with Gasteiger partial charge in [-0.15, -0.1) is 0 Å². The van der Waals surface area contributed by atoms with Crippen LogP contribution in [0, 0.1) is 5.92 Å². The van der Waals surface area contributed by atoms with E-state index in [2.05, 4.69) is 0 Å². The Bertz CT molecular complexity index is 382. The van der Waals surface area contributed by atoms with Crippen molar-refractivity contribution in [2.24, 2.45) is 5.92 Å². The number of aliphatic hydroxyl groups excluding tert-OH is 2. The van der Waals surface area contributed by atoms with E-state index in [4.69, 9.17) is 9.52 Å². The minimum atomic E-state index is -1.11. The highest BCUT2D eigenvalue weighted by Crippen LogP contribution is 2.23. The van der Waals surface area contributed by atoms with Crippen LogP contribution in [0.15, 0.2) is 35.2 Å². The van der Waals surface area contributed by atoms with Crippen molar-refractivity contribution >= 4 is 5.97 Å². The summed E-state index contributed by atoms with van der Waals surface area (Å²) < 4.78 is 4.82. The fourth-order valence-electron chi connectivity index (χ4n) is 1.70. The lowest BCUT2D eigenvalue weighted by molar-refractivity contribution is -0.146. The number of carbonyl (C=O) groups is 1. The third-order valence-electron chi connectivity index (χ3n) is 2.80. The number of furan rings is 1. The van der Waals surface area contributed by atoms with Gasteiger partial charge in [0.2, 0.25) is 0 Å². The van der Waals surface area contributed by atoms with E-state index in [1.807, 2.05) is 0 Å². The summed E-state index contributed by atoms with van der Waals surface area (Å²) in [6.07, 6.45) is 4.38. The van der Waals surface area contributed by atoms with Crippen LogP contribution in [0.5, 0.6) is 0 Å². The molecule has 0 saturated heterocycles. The third-order valence-corrected chi connectivity index (χ3v) is 2.80. The molecule has 3 atom stereocenters. The molecular formula is C13H18O5. The standard InChI is InChI=1S/C13H18O5/c1-2-3-4-10(13(16)17)12(15)7-11(14)9-5-6-18-8-9/h2-3,5-6,8,10-12,14-15H,4,7H2,1H3,(H,16,17)/b3-2+. The monoisotopic (exact) mass is 254 g/mol. The smallest absolute Gasteiger partial charge is 0.309 e. The molecule has 0 aliphatic rings. The van der Waals surface area contributed by atoms with Gasteiger partial charge in [0, 0.05) is 12.0 Å². The zero-order chi connectivity index (χ0) is 13.5. The van der Waals surface area contributed by atoms with Crippen LogP contribution >= 0.6 is 0 Å². The topological polar surface area (TPSA) is 90.9 Å². The minimum absolute atomic E-state index is 0.0337. The first kappa shape index (κ1) is 14.5. The van der Waals surface area contributed by atoms with Gasteiger partial charge in [0.1, 0.15) is 0 Å². The van der Waals surface area contributed by atoms with Crippen LogP contribution in [-0.4, -0.2) is 27.4 Å². The van der Waals surface area contributed by atoms with E-state index in [0.717, 1.165) is 0 Å². The highest BCUT2D eigenvalue weighted by Gasteiger charge is 2.27. The number of aliphatic carboxylic acids is 1. The molecule has 1 rings (SSSR count). The second kappa shape index (κ2) is 6.98. The number of carboxylic acid groups (broad SMARTS) is 1. The van der Waals surface area contributed by atoms with Crippen molar-refractivity contribution in [1.82, 2.24) is 0 Å². The summed E-state index contributed by atoms with van der Waals surface area (Å²) in [7, 11) is 0. The molecule has 0 aliphatic heterocycles. The van der Waals surface area contributed by atoms with Crippen molar-refractivity contribution in [3.05, 3.63) is 36.3 Å². The maximum Gasteiger partial charge on any atom is 0.309 e. The van der Waals surface area contributed by atoms with E-state index < -0.39 is 24.1 Å². The molecule has 0 bridgehead atoms. The first-order valence-electron chi connectivity index (χ1n) is 5.78. The maximum absolute atomic E-state index is 11.0. The zero-order valence-corrected chi connectivity index (χ0v) is 10.2. The van der Waals surface area contributed by atoms with Crippen LogP contribution in [0.4, 0.5) is 0 Å². The Morgan fingerprint density at radius 3 is 2.72 bits per heavy atom. The molecule has 0 aromatic carbocycles. The number of aliphatic hydroxyl groups is 2. The van der Waals surface area contributed by atoms with Gasteiger partial charge in [-0.05, 0) is 19.4 Å². The fourth-order valence-corrected chi connectivity index (χ4v) is 1.70. The van der Waals surface area contributed by atoms with Gasteiger partial charge in [-0.3, -0.25) is 4.79 Å². The van der Waals surface area contributed by atoms with Crippen molar-refractivity contribution in [3.8, 4) is 0 Å². The summed E-state index contributed by atoms with van der Waals surface area (Å²) in [6.45, 7) is 1.78. The van der Waals surface area contributed by atoms with Gasteiger partial charge in [-0.25, -0.2) is 0 Å². The zero-order valence-electron chi connectivity index (χ0n) is 10.2.